The van der Waals surface area contributed by atoms with Gasteiger partial charge in [-0.15, -0.1) is 11.3 Å². The molecule has 0 saturated heterocycles. The van der Waals surface area contributed by atoms with Crippen molar-refractivity contribution < 1.29 is 4.42 Å². The van der Waals surface area contributed by atoms with E-state index >= 15 is 0 Å². The Bertz CT molecular complexity index is 4060. The number of rotatable bonds is 10. The number of hydrogen-bond donors (Lipinski definition) is 0. The number of furan rings is 1. The van der Waals surface area contributed by atoms with Gasteiger partial charge in [-0.05, 0) is 99.3 Å². The van der Waals surface area contributed by atoms with Crippen LogP contribution in [0.2, 0.25) is 0 Å². The zero-order valence-corrected chi connectivity index (χ0v) is 38.9. The Labute approximate surface area is 409 Å². The maximum Gasteiger partial charge on any atom is 0.165 e. The fraction of sp³-hybridized carbons (Fsp3) is 0.0308. The predicted octanol–water partition coefficient (Wildman–Crippen LogP) is 17.3. The van der Waals surface area contributed by atoms with Gasteiger partial charge in [0.15, 0.2) is 17.5 Å². The number of hydrogen-bond acceptors (Lipinski definition) is 5. The molecule has 0 aliphatic heterocycles. The largest absolute Gasteiger partial charge is 0.455 e. The van der Waals surface area contributed by atoms with Gasteiger partial charge in [-0.2, -0.15) is 0 Å². The van der Waals surface area contributed by atoms with Crippen molar-refractivity contribution in [3.05, 3.63) is 259 Å². The molecule has 0 aliphatic rings. The van der Waals surface area contributed by atoms with Gasteiger partial charge < -0.3 is 4.42 Å². The van der Waals surface area contributed by atoms with Crippen LogP contribution in [0, 0.1) is 0 Å². The number of para-hydroxylation sites is 2. The van der Waals surface area contributed by atoms with Gasteiger partial charge >= 0.3 is 0 Å². The summed E-state index contributed by atoms with van der Waals surface area (Å²) in [6.07, 6.45) is 1.52. The highest BCUT2D eigenvalue weighted by Crippen LogP contribution is 2.43. The van der Waals surface area contributed by atoms with Crippen molar-refractivity contribution >= 4 is 53.4 Å². The summed E-state index contributed by atoms with van der Waals surface area (Å²) in [5.74, 6) is 1.83. The zero-order valence-electron chi connectivity index (χ0n) is 38.1. The summed E-state index contributed by atoms with van der Waals surface area (Å²) < 4.78 is 9.04. The minimum Gasteiger partial charge on any atom is -0.455 e. The van der Waals surface area contributed by atoms with Crippen LogP contribution in [0.4, 0.5) is 0 Å². The van der Waals surface area contributed by atoms with E-state index in [1.54, 1.807) is 11.3 Å². The first-order valence-corrected chi connectivity index (χ1v) is 24.6. The lowest BCUT2D eigenvalue weighted by Crippen LogP contribution is -2.04. The van der Waals surface area contributed by atoms with E-state index < -0.39 is 0 Å². The molecule has 0 spiro atoms. The molecule has 0 saturated carbocycles. The zero-order chi connectivity index (χ0) is 46.4. The standard InChI is InChI=1S/C65H43N3OS/c1-4-19-42(20-5-1)37-45-25-10-11-27-50(45)60-46(38-43-21-6-2-7-22-43)26-16-33-56(60)64-66-63(67-65(68-64)57-34-18-32-55-53-29-13-15-36-59(53)70-62(55)57)49-40-47(44-23-8-3-9-24-44)39-48(41-49)51-30-17-31-54-52-28-12-14-35-58(52)69-61(51)54/h1-36,39-41H,37-38H2. The van der Waals surface area contributed by atoms with E-state index in [9.17, 15) is 0 Å². The second-order valence-corrected chi connectivity index (χ2v) is 18.9. The maximum absolute atomic E-state index is 6.66. The molecule has 4 nitrogen and oxygen atoms in total. The second kappa shape index (κ2) is 17.7. The van der Waals surface area contributed by atoms with Gasteiger partial charge in [-0.1, -0.05) is 200 Å². The average Bonchev–Trinajstić information content (AvgIpc) is 4.01. The molecule has 0 amide bonds. The molecule has 13 rings (SSSR count). The van der Waals surface area contributed by atoms with Crippen molar-refractivity contribution in [3.63, 3.8) is 0 Å². The van der Waals surface area contributed by atoms with Gasteiger partial charge in [-0.3, -0.25) is 0 Å². The van der Waals surface area contributed by atoms with Gasteiger partial charge in [0.1, 0.15) is 11.2 Å². The minimum absolute atomic E-state index is 0.589. The van der Waals surface area contributed by atoms with Gasteiger partial charge in [0, 0.05) is 53.2 Å². The molecular weight excluding hydrogens is 871 g/mol. The smallest absolute Gasteiger partial charge is 0.165 e. The first-order valence-electron chi connectivity index (χ1n) is 23.8. The lowest BCUT2D eigenvalue weighted by atomic mass is 9.86. The van der Waals surface area contributed by atoms with Crippen LogP contribution in [-0.4, -0.2) is 15.0 Å². The summed E-state index contributed by atoms with van der Waals surface area (Å²) >= 11 is 1.78. The highest BCUT2D eigenvalue weighted by molar-refractivity contribution is 7.26. The summed E-state index contributed by atoms with van der Waals surface area (Å²) in [6, 6.07) is 84.0. The third-order valence-electron chi connectivity index (χ3n) is 13.4. The van der Waals surface area contributed by atoms with Crippen LogP contribution >= 0.6 is 11.3 Å². The van der Waals surface area contributed by atoms with Crippen LogP contribution in [0.3, 0.4) is 0 Å². The number of benzene rings is 10. The van der Waals surface area contributed by atoms with Crippen molar-refractivity contribution in [2.75, 3.05) is 0 Å². The highest BCUT2D eigenvalue weighted by Gasteiger charge is 2.23. The summed E-state index contributed by atoms with van der Waals surface area (Å²) in [5, 5.41) is 4.59. The predicted molar refractivity (Wildman–Crippen MR) is 291 cm³/mol. The van der Waals surface area contributed by atoms with Crippen molar-refractivity contribution in [1.29, 1.82) is 0 Å². The Morgan fingerprint density at radius 1 is 0.343 bits per heavy atom. The number of thiophene rings is 1. The van der Waals surface area contributed by atoms with Crippen LogP contribution in [-0.2, 0) is 12.8 Å². The molecular formula is C65H43N3OS. The lowest BCUT2D eigenvalue weighted by Gasteiger charge is -2.19. The Morgan fingerprint density at radius 3 is 1.67 bits per heavy atom. The summed E-state index contributed by atoms with van der Waals surface area (Å²) in [7, 11) is 0. The third-order valence-corrected chi connectivity index (χ3v) is 14.7. The molecule has 0 radical (unpaired) electrons. The summed E-state index contributed by atoms with van der Waals surface area (Å²) in [6.45, 7) is 0. The third kappa shape index (κ3) is 7.63. The van der Waals surface area contributed by atoms with E-state index in [0.717, 1.165) is 89.6 Å². The molecule has 3 heterocycles. The highest BCUT2D eigenvalue weighted by atomic mass is 32.1. The van der Waals surface area contributed by atoms with Crippen LogP contribution in [0.15, 0.2) is 241 Å². The minimum atomic E-state index is 0.589. The van der Waals surface area contributed by atoms with Crippen LogP contribution in [0.25, 0.3) is 110 Å². The fourth-order valence-electron chi connectivity index (χ4n) is 10.2. The van der Waals surface area contributed by atoms with Crippen molar-refractivity contribution in [2.24, 2.45) is 0 Å². The van der Waals surface area contributed by atoms with Crippen molar-refractivity contribution in [1.82, 2.24) is 15.0 Å². The number of nitrogens with zero attached hydrogens (tertiary/aromatic N) is 3. The lowest BCUT2D eigenvalue weighted by molar-refractivity contribution is 0.670. The van der Waals surface area contributed by atoms with Gasteiger partial charge in [0.05, 0.1) is 0 Å². The van der Waals surface area contributed by atoms with Crippen LogP contribution in [0.1, 0.15) is 22.3 Å². The normalized spacial score (nSPS) is 11.5. The Balaban J connectivity index is 1.08. The molecule has 0 aliphatic carbocycles. The molecule has 0 fully saturated rings. The molecule has 3 aromatic heterocycles. The molecule has 70 heavy (non-hydrogen) atoms. The first-order chi connectivity index (χ1) is 34.7. The van der Waals surface area contributed by atoms with Crippen LogP contribution in [0.5, 0.6) is 0 Å². The van der Waals surface area contributed by atoms with Gasteiger partial charge in [0.25, 0.3) is 0 Å². The van der Waals surface area contributed by atoms with Gasteiger partial charge in [0.2, 0.25) is 0 Å². The topological polar surface area (TPSA) is 51.8 Å². The molecule has 5 heteroatoms. The second-order valence-electron chi connectivity index (χ2n) is 17.9. The molecule has 0 atom stereocenters. The Hall–Kier alpha value is -8.77. The Kier molecular flexibility index (Phi) is 10.5. The number of fused-ring (bicyclic) bond motifs is 6. The monoisotopic (exact) mass is 913 g/mol. The number of aromatic nitrogens is 3. The summed E-state index contributed by atoms with van der Waals surface area (Å²) in [4.78, 5) is 16.7. The van der Waals surface area contributed by atoms with E-state index in [-0.39, 0.29) is 0 Å². The molecule has 0 unspecified atom stereocenters. The van der Waals surface area contributed by atoms with Crippen molar-refractivity contribution in [3.8, 4) is 67.5 Å². The van der Waals surface area contributed by atoms with E-state index in [0.29, 0.717) is 17.5 Å². The Morgan fingerprint density at radius 2 is 0.871 bits per heavy atom. The maximum atomic E-state index is 6.66. The van der Waals surface area contributed by atoms with E-state index in [4.69, 9.17) is 19.4 Å². The molecule has 10 aromatic carbocycles. The van der Waals surface area contributed by atoms with Crippen molar-refractivity contribution in [2.45, 2.75) is 12.8 Å². The summed E-state index contributed by atoms with van der Waals surface area (Å²) in [5.41, 5.74) is 15.9. The van der Waals surface area contributed by atoms with Crippen LogP contribution < -0.4 is 0 Å². The first kappa shape index (κ1) is 41.4. The molecule has 330 valence electrons. The average molecular weight is 914 g/mol. The fourth-order valence-corrected chi connectivity index (χ4v) is 11.4. The van der Waals surface area contributed by atoms with E-state index in [1.165, 1.54) is 37.7 Å². The molecule has 13 aromatic rings. The quantitative estimate of drug-likeness (QED) is 0.137. The van der Waals surface area contributed by atoms with Gasteiger partial charge in [-0.25, -0.2) is 15.0 Å². The molecule has 0 N–H and O–H groups in total. The van der Waals surface area contributed by atoms with E-state index in [2.05, 4.69) is 224 Å². The van der Waals surface area contributed by atoms with E-state index in [1.807, 2.05) is 12.1 Å². The SMILES string of the molecule is c1ccc(Cc2ccccc2-c2c(Cc3ccccc3)cccc2-c2nc(-c3cc(-c4ccccc4)cc(-c4cccc5c4oc4ccccc45)c3)nc(-c3cccc4c3sc3ccccc34)n2)cc1. The molecule has 0 bridgehead atoms.